The lowest BCUT2D eigenvalue weighted by Crippen LogP contribution is -2.60. The number of carbonyl (C=O) groups is 2. The van der Waals surface area contributed by atoms with Gasteiger partial charge in [0.15, 0.2) is 0 Å². The van der Waals surface area contributed by atoms with Gasteiger partial charge in [-0.1, -0.05) is 42.5 Å². The van der Waals surface area contributed by atoms with Crippen LogP contribution in [0.4, 0.5) is 0 Å². The summed E-state index contributed by atoms with van der Waals surface area (Å²) in [7, 11) is 0. The van der Waals surface area contributed by atoms with Crippen LogP contribution in [0.3, 0.4) is 0 Å². The van der Waals surface area contributed by atoms with Gasteiger partial charge in [-0.2, -0.15) is 0 Å². The number of nitrogens with zero attached hydrogens (tertiary/aromatic N) is 1. The van der Waals surface area contributed by atoms with E-state index in [1.165, 1.54) is 25.3 Å². The van der Waals surface area contributed by atoms with Crippen molar-refractivity contribution in [2.45, 2.75) is 37.6 Å². The van der Waals surface area contributed by atoms with Crippen molar-refractivity contribution in [3.05, 3.63) is 33.8 Å². The van der Waals surface area contributed by atoms with Gasteiger partial charge in [0.05, 0.1) is 30.3 Å². The minimum absolute atomic E-state index is 0.00118. The van der Waals surface area contributed by atoms with E-state index in [4.69, 9.17) is 27.9 Å². The lowest BCUT2D eigenvalue weighted by atomic mass is 9.79. The molecule has 6 nitrogen and oxygen atoms in total. The summed E-state index contributed by atoms with van der Waals surface area (Å²) < 4.78 is 5.49. The fourth-order valence-electron chi connectivity index (χ4n) is 4.11. The monoisotopic (exact) mass is 427 g/mol. The first-order valence-electron chi connectivity index (χ1n) is 9.83. The SMILES string of the molecule is O=C(CNC(=O)c1ccc(Cl)cc1Cl)NCC1(N2CCOCC2)CCCCC1. The smallest absolute Gasteiger partial charge is 0.253 e. The van der Waals surface area contributed by atoms with E-state index in [0.29, 0.717) is 17.1 Å². The zero-order chi connectivity index (χ0) is 20.0. The molecule has 28 heavy (non-hydrogen) atoms. The normalized spacial score (nSPS) is 19.8. The number of nitrogens with one attached hydrogen (secondary N) is 2. The molecule has 8 heteroatoms. The number of halogens is 2. The molecule has 2 amide bonds. The lowest BCUT2D eigenvalue weighted by molar-refractivity contribution is -0.121. The van der Waals surface area contributed by atoms with Crippen LogP contribution in [-0.2, 0) is 9.53 Å². The van der Waals surface area contributed by atoms with E-state index in [1.807, 2.05) is 0 Å². The van der Waals surface area contributed by atoms with Crippen molar-refractivity contribution >= 4 is 35.0 Å². The molecule has 1 aromatic carbocycles. The van der Waals surface area contributed by atoms with Crippen LogP contribution in [0.15, 0.2) is 18.2 Å². The van der Waals surface area contributed by atoms with Gasteiger partial charge in [-0.25, -0.2) is 0 Å². The van der Waals surface area contributed by atoms with Crippen LogP contribution >= 0.6 is 23.2 Å². The predicted molar refractivity (Wildman–Crippen MR) is 110 cm³/mol. The van der Waals surface area contributed by atoms with E-state index < -0.39 is 5.91 Å². The first-order valence-corrected chi connectivity index (χ1v) is 10.6. The fourth-order valence-corrected chi connectivity index (χ4v) is 4.60. The summed E-state index contributed by atoms with van der Waals surface area (Å²) in [5.74, 6) is -0.589. The Kier molecular flexibility index (Phi) is 7.57. The van der Waals surface area contributed by atoms with E-state index in [-0.39, 0.29) is 23.0 Å². The van der Waals surface area contributed by atoms with E-state index in [0.717, 1.165) is 39.1 Å². The van der Waals surface area contributed by atoms with Crippen molar-refractivity contribution in [1.82, 2.24) is 15.5 Å². The standard InChI is InChI=1S/C20H27Cl2N3O3/c21-15-4-5-16(17(22)12-15)19(27)23-13-18(26)24-14-20(6-2-1-3-7-20)25-8-10-28-11-9-25/h4-5,12H,1-3,6-11,13-14H2,(H,23,27)(H,24,26). The fraction of sp³-hybridized carbons (Fsp3) is 0.600. The quantitative estimate of drug-likeness (QED) is 0.731. The van der Waals surface area contributed by atoms with Crippen molar-refractivity contribution in [2.24, 2.45) is 0 Å². The highest BCUT2D eigenvalue weighted by molar-refractivity contribution is 6.36. The number of carbonyl (C=O) groups excluding carboxylic acids is 2. The van der Waals surface area contributed by atoms with Crippen LogP contribution < -0.4 is 10.6 Å². The molecule has 1 aliphatic carbocycles. The molecule has 0 bridgehead atoms. The highest BCUT2D eigenvalue weighted by atomic mass is 35.5. The predicted octanol–water partition coefficient (Wildman–Crippen LogP) is 2.87. The average molecular weight is 428 g/mol. The molecule has 1 saturated carbocycles. The Morgan fingerprint density at radius 2 is 1.79 bits per heavy atom. The van der Waals surface area contributed by atoms with Crippen LogP contribution in [-0.4, -0.2) is 61.6 Å². The van der Waals surface area contributed by atoms with Gasteiger partial charge in [0.25, 0.3) is 5.91 Å². The Morgan fingerprint density at radius 1 is 1.07 bits per heavy atom. The van der Waals surface area contributed by atoms with Crippen LogP contribution in [0.5, 0.6) is 0 Å². The molecule has 2 fully saturated rings. The minimum Gasteiger partial charge on any atom is -0.379 e. The number of ether oxygens (including phenoxy) is 1. The second kappa shape index (κ2) is 9.92. The summed E-state index contributed by atoms with van der Waals surface area (Å²) in [6.45, 7) is 3.81. The highest BCUT2D eigenvalue weighted by Crippen LogP contribution is 2.33. The summed E-state index contributed by atoms with van der Waals surface area (Å²) in [5, 5.41) is 6.38. The van der Waals surface area contributed by atoms with Crippen molar-refractivity contribution in [1.29, 1.82) is 0 Å². The maximum Gasteiger partial charge on any atom is 0.253 e. The summed E-state index contributed by atoms with van der Waals surface area (Å²) in [6.07, 6.45) is 5.77. The van der Waals surface area contributed by atoms with Crippen molar-refractivity contribution in [3.63, 3.8) is 0 Å². The number of benzene rings is 1. The molecule has 0 unspecified atom stereocenters. The number of hydrogen-bond acceptors (Lipinski definition) is 4. The van der Waals surface area contributed by atoms with Crippen molar-refractivity contribution in [2.75, 3.05) is 39.4 Å². The van der Waals surface area contributed by atoms with Gasteiger partial charge >= 0.3 is 0 Å². The minimum atomic E-state index is -0.391. The molecule has 1 aliphatic heterocycles. The molecular weight excluding hydrogens is 401 g/mol. The molecule has 1 saturated heterocycles. The summed E-state index contributed by atoms with van der Waals surface area (Å²) >= 11 is 11.9. The Morgan fingerprint density at radius 3 is 2.46 bits per heavy atom. The van der Waals surface area contributed by atoms with Crippen LogP contribution in [0, 0.1) is 0 Å². The first kappa shape index (κ1) is 21.4. The Hall–Kier alpha value is -1.34. The molecule has 0 atom stereocenters. The number of rotatable bonds is 6. The molecule has 2 aliphatic rings. The Bertz CT molecular complexity index is 702. The van der Waals surface area contributed by atoms with Gasteiger partial charge in [0.2, 0.25) is 5.91 Å². The third-order valence-electron chi connectivity index (χ3n) is 5.67. The maximum absolute atomic E-state index is 12.4. The molecule has 1 heterocycles. The topological polar surface area (TPSA) is 70.7 Å². The summed E-state index contributed by atoms with van der Waals surface area (Å²) in [5.41, 5.74) is 0.303. The highest BCUT2D eigenvalue weighted by Gasteiger charge is 2.38. The second-order valence-corrected chi connectivity index (χ2v) is 8.31. The first-order chi connectivity index (χ1) is 13.5. The molecule has 0 aromatic heterocycles. The van der Waals surface area contributed by atoms with E-state index >= 15 is 0 Å². The number of morpholine rings is 1. The van der Waals surface area contributed by atoms with Gasteiger partial charge in [0.1, 0.15) is 0 Å². The zero-order valence-electron chi connectivity index (χ0n) is 15.9. The summed E-state index contributed by atoms with van der Waals surface area (Å²) in [4.78, 5) is 27.1. The van der Waals surface area contributed by atoms with Gasteiger partial charge < -0.3 is 15.4 Å². The Balaban J connectivity index is 1.52. The Labute approximate surface area is 175 Å². The molecule has 2 N–H and O–H groups in total. The lowest BCUT2D eigenvalue weighted by Gasteiger charge is -2.48. The van der Waals surface area contributed by atoms with Crippen molar-refractivity contribution in [3.8, 4) is 0 Å². The molecular formula is C20H27Cl2N3O3. The largest absolute Gasteiger partial charge is 0.379 e. The summed E-state index contributed by atoms with van der Waals surface area (Å²) in [6, 6.07) is 4.65. The van der Waals surface area contributed by atoms with Gasteiger partial charge in [-0.15, -0.1) is 0 Å². The van der Waals surface area contributed by atoms with Gasteiger partial charge in [-0.3, -0.25) is 14.5 Å². The molecule has 0 spiro atoms. The second-order valence-electron chi connectivity index (χ2n) is 7.47. The van der Waals surface area contributed by atoms with E-state index in [1.54, 1.807) is 12.1 Å². The van der Waals surface area contributed by atoms with E-state index in [9.17, 15) is 9.59 Å². The van der Waals surface area contributed by atoms with Crippen LogP contribution in [0.1, 0.15) is 42.5 Å². The zero-order valence-corrected chi connectivity index (χ0v) is 17.4. The third kappa shape index (κ3) is 5.38. The molecule has 3 rings (SSSR count). The maximum atomic E-state index is 12.4. The van der Waals surface area contributed by atoms with Crippen LogP contribution in [0.25, 0.3) is 0 Å². The molecule has 1 aromatic rings. The van der Waals surface area contributed by atoms with Crippen molar-refractivity contribution < 1.29 is 14.3 Å². The number of hydrogen-bond donors (Lipinski definition) is 2. The average Bonchev–Trinajstić information content (AvgIpc) is 2.72. The van der Waals surface area contributed by atoms with E-state index in [2.05, 4.69) is 15.5 Å². The number of amides is 2. The molecule has 154 valence electrons. The van der Waals surface area contributed by atoms with Crippen LogP contribution in [0.2, 0.25) is 10.0 Å². The van der Waals surface area contributed by atoms with Gasteiger partial charge in [0, 0.05) is 30.2 Å². The molecule has 0 radical (unpaired) electrons. The van der Waals surface area contributed by atoms with Gasteiger partial charge in [-0.05, 0) is 31.0 Å². The third-order valence-corrected chi connectivity index (χ3v) is 6.21.